The lowest BCUT2D eigenvalue weighted by Crippen LogP contribution is -2.12. The highest BCUT2D eigenvalue weighted by Crippen LogP contribution is 2.31. The third-order valence-electron chi connectivity index (χ3n) is 2.65. The highest BCUT2D eigenvalue weighted by molar-refractivity contribution is 9.10. The van der Waals surface area contributed by atoms with Crippen LogP contribution < -0.4 is 8.92 Å². The van der Waals surface area contributed by atoms with Gasteiger partial charge in [0.05, 0.1) is 18.7 Å². The summed E-state index contributed by atoms with van der Waals surface area (Å²) in [6.07, 6.45) is 0. The topological polar surface area (TPSA) is 76.4 Å². The van der Waals surface area contributed by atoms with E-state index in [0.29, 0.717) is 4.47 Å². The molecule has 0 radical (unpaired) electrons. The zero-order chi connectivity index (χ0) is 16.3. The second kappa shape index (κ2) is 6.34. The Balaban J connectivity index is 2.45. The van der Waals surface area contributed by atoms with Crippen LogP contribution in [0.15, 0.2) is 45.8 Å². The summed E-state index contributed by atoms with van der Waals surface area (Å²) in [7, 11) is -3.09. The van der Waals surface area contributed by atoms with E-state index in [1.54, 1.807) is 0 Å². The Kier molecular flexibility index (Phi) is 4.68. The van der Waals surface area contributed by atoms with Gasteiger partial charge in [-0.2, -0.15) is 13.7 Å². The van der Waals surface area contributed by atoms with Gasteiger partial charge in [-0.3, -0.25) is 0 Å². The predicted molar refractivity (Wildman–Crippen MR) is 79.6 cm³/mol. The van der Waals surface area contributed by atoms with Crippen LogP contribution in [-0.2, 0) is 10.1 Å². The van der Waals surface area contributed by atoms with Gasteiger partial charge in [-0.15, -0.1) is 0 Å². The zero-order valence-electron chi connectivity index (χ0n) is 11.2. The van der Waals surface area contributed by atoms with E-state index < -0.39 is 20.8 Å². The molecule has 0 heterocycles. The molecule has 0 fully saturated rings. The number of methoxy groups -OCH3 is 1. The van der Waals surface area contributed by atoms with E-state index in [4.69, 9.17) is 14.2 Å². The summed E-state index contributed by atoms with van der Waals surface area (Å²) >= 11 is 3.07. The van der Waals surface area contributed by atoms with E-state index in [2.05, 4.69) is 15.9 Å². The van der Waals surface area contributed by atoms with Crippen molar-refractivity contribution >= 4 is 26.0 Å². The molecule has 2 rings (SSSR count). The Morgan fingerprint density at radius 3 is 2.55 bits per heavy atom. The van der Waals surface area contributed by atoms with Crippen molar-refractivity contribution in [2.24, 2.45) is 0 Å². The van der Waals surface area contributed by atoms with Gasteiger partial charge in [0.15, 0.2) is 11.5 Å². The highest BCUT2D eigenvalue weighted by atomic mass is 79.9. The van der Waals surface area contributed by atoms with Crippen molar-refractivity contribution in [3.05, 3.63) is 52.3 Å². The van der Waals surface area contributed by atoms with Crippen molar-refractivity contribution in [3.63, 3.8) is 0 Å². The summed E-state index contributed by atoms with van der Waals surface area (Å²) in [5.74, 6) is -1.02. The van der Waals surface area contributed by atoms with E-state index in [1.807, 2.05) is 6.07 Å². The van der Waals surface area contributed by atoms with Crippen molar-refractivity contribution in [3.8, 4) is 17.6 Å². The maximum Gasteiger partial charge on any atom is 0.342 e. The van der Waals surface area contributed by atoms with Crippen LogP contribution in [0.2, 0.25) is 0 Å². The van der Waals surface area contributed by atoms with Crippen molar-refractivity contribution in [2.75, 3.05) is 7.11 Å². The second-order valence-corrected chi connectivity index (χ2v) is 6.52. The third kappa shape index (κ3) is 3.37. The number of rotatable bonds is 4. The molecular formula is C14H9BrFNO4S. The zero-order valence-corrected chi connectivity index (χ0v) is 13.6. The van der Waals surface area contributed by atoms with Gasteiger partial charge >= 0.3 is 10.1 Å². The number of hydrogen-bond donors (Lipinski definition) is 0. The van der Waals surface area contributed by atoms with Crippen LogP contribution in [0.1, 0.15) is 5.56 Å². The van der Waals surface area contributed by atoms with Crippen LogP contribution in [-0.4, -0.2) is 15.5 Å². The summed E-state index contributed by atoms with van der Waals surface area (Å²) in [6.45, 7) is 0. The summed E-state index contributed by atoms with van der Waals surface area (Å²) < 4.78 is 48.4. The molecule has 0 aromatic heterocycles. The van der Waals surface area contributed by atoms with Crippen molar-refractivity contribution in [1.82, 2.24) is 0 Å². The maximum atomic E-state index is 13.7. The molecular weight excluding hydrogens is 377 g/mol. The molecule has 0 spiro atoms. The van der Waals surface area contributed by atoms with Gasteiger partial charge in [0.25, 0.3) is 0 Å². The molecule has 0 aliphatic rings. The first kappa shape index (κ1) is 16.3. The van der Waals surface area contributed by atoms with Gasteiger partial charge in [-0.05, 0) is 30.3 Å². The average molecular weight is 386 g/mol. The van der Waals surface area contributed by atoms with Gasteiger partial charge in [-0.1, -0.05) is 15.9 Å². The van der Waals surface area contributed by atoms with Crippen molar-refractivity contribution < 1.29 is 21.7 Å². The molecule has 0 saturated heterocycles. The fourth-order valence-corrected chi connectivity index (χ4v) is 3.19. The normalized spacial score (nSPS) is 10.8. The van der Waals surface area contributed by atoms with Gasteiger partial charge in [0.2, 0.25) is 0 Å². The lowest BCUT2D eigenvalue weighted by molar-refractivity contribution is 0.389. The molecule has 0 unspecified atom stereocenters. The minimum atomic E-state index is -4.39. The van der Waals surface area contributed by atoms with Gasteiger partial charge in [0, 0.05) is 10.5 Å². The first-order valence-corrected chi connectivity index (χ1v) is 8.05. The van der Waals surface area contributed by atoms with E-state index in [1.165, 1.54) is 31.4 Å². The monoisotopic (exact) mass is 385 g/mol. The van der Waals surface area contributed by atoms with Gasteiger partial charge in [0.1, 0.15) is 10.7 Å². The van der Waals surface area contributed by atoms with Crippen LogP contribution in [0.3, 0.4) is 0 Å². The minimum Gasteiger partial charge on any atom is -0.493 e. The fraction of sp³-hybridized carbons (Fsp3) is 0.0714. The average Bonchev–Trinajstić information content (AvgIpc) is 2.49. The molecule has 114 valence electrons. The van der Waals surface area contributed by atoms with Crippen LogP contribution in [0.25, 0.3) is 0 Å². The molecule has 0 aliphatic heterocycles. The second-order valence-electron chi connectivity index (χ2n) is 4.09. The van der Waals surface area contributed by atoms with Crippen molar-refractivity contribution in [2.45, 2.75) is 4.90 Å². The molecule has 0 N–H and O–H groups in total. The summed E-state index contributed by atoms with van der Waals surface area (Å²) in [4.78, 5) is -0.603. The van der Waals surface area contributed by atoms with E-state index in [9.17, 15) is 12.8 Å². The molecule has 22 heavy (non-hydrogen) atoms. The first-order chi connectivity index (χ1) is 10.4. The Labute approximate surface area is 135 Å². The summed E-state index contributed by atoms with van der Waals surface area (Å²) in [5.41, 5.74) is 0.273. The fourth-order valence-electron chi connectivity index (χ4n) is 1.64. The highest BCUT2D eigenvalue weighted by Gasteiger charge is 2.23. The number of nitriles is 1. The van der Waals surface area contributed by atoms with Crippen molar-refractivity contribution in [1.29, 1.82) is 5.26 Å². The van der Waals surface area contributed by atoms with Crippen LogP contribution in [0, 0.1) is 17.1 Å². The maximum absolute atomic E-state index is 13.7. The summed E-state index contributed by atoms with van der Waals surface area (Å²) in [5, 5.41) is 8.81. The smallest absolute Gasteiger partial charge is 0.342 e. The molecule has 2 aromatic carbocycles. The molecule has 0 atom stereocenters. The number of hydrogen-bond acceptors (Lipinski definition) is 5. The molecule has 0 saturated carbocycles. The number of ether oxygens (including phenoxy) is 1. The molecule has 0 amide bonds. The largest absolute Gasteiger partial charge is 0.493 e. The van der Waals surface area contributed by atoms with Crippen LogP contribution in [0.5, 0.6) is 11.5 Å². The molecule has 5 nitrogen and oxygen atoms in total. The van der Waals surface area contributed by atoms with Gasteiger partial charge < -0.3 is 8.92 Å². The van der Waals surface area contributed by atoms with E-state index >= 15 is 0 Å². The standard InChI is InChI=1S/C14H9BrFNO4S/c1-20-13-6-9(8-17)2-5-12(13)21-22(18,19)14-7-10(15)3-4-11(14)16/h2-7H,1H3. The lowest BCUT2D eigenvalue weighted by atomic mass is 10.2. The van der Waals surface area contributed by atoms with Gasteiger partial charge in [-0.25, -0.2) is 4.39 Å². The Morgan fingerprint density at radius 2 is 1.91 bits per heavy atom. The molecule has 8 heteroatoms. The van der Waals surface area contributed by atoms with Crippen LogP contribution in [0.4, 0.5) is 4.39 Å². The van der Waals surface area contributed by atoms with E-state index in [0.717, 1.165) is 12.1 Å². The van der Waals surface area contributed by atoms with E-state index in [-0.39, 0.29) is 17.1 Å². The molecule has 2 aromatic rings. The SMILES string of the molecule is COc1cc(C#N)ccc1OS(=O)(=O)c1cc(Br)ccc1F. The number of halogens is 2. The third-order valence-corrected chi connectivity index (χ3v) is 4.40. The number of benzene rings is 2. The predicted octanol–water partition coefficient (Wildman–Crippen LogP) is 3.24. The first-order valence-electron chi connectivity index (χ1n) is 5.85. The quantitative estimate of drug-likeness (QED) is 0.755. The lowest BCUT2D eigenvalue weighted by Gasteiger charge is -2.11. The van der Waals surface area contributed by atoms with Crippen LogP contribution >= 0.6 is 15.9 Å². The summed E-state index contributed by atoms with van der Waals surface area (Å²) in [6, 6.07) is 9.32. The Bertz CT molecular complexity index is 862. The number of nitrogens with zero attached hydrogens (tertiary/aromatic N) is 1. The molecule has 0 bridgehead atoms. The Morgan fingerprint density at radius 1 is 1.18 bits per heavy atom. The minimum absolute atomic E-state index is 0.0537. The molecule has 0 aliphatic carbocycles. The Hall–Kier alpha value is -2.11.